The van der Waals surface area contributed by atoms with Crippen molar-refractivity contribution < 1.29 is 14.7 Å². The normalized spacial score (nSPS) is 23.4. The molecule has 1 atom stereocenters. The summed E-state index contributed by atoms with van der Waals surface area (Å²) < 4.78 is 0. The van der Waals surface area contributed by atoms with E-state index >= 15 is 0 Å². The van der Waals surface area contributed by atoms with Crippen LogP contribution in [-0.4, -0.2) is 34.5 Å². The van der Waals surface area contributed by atoms with Crippen LogP contribution < -0.4 is 0 Å². The summed E-state index contributed by atoms with van der Waals surface area (Å²) >= 11 is 0. The molecule has 1 amide bonds. The summed E-state index contributed by atoms with van der Waals surface area (Å²) in [4.78, 5) is 24.7. The number of carboxylic acid groups (broad SMARTS) is 1. The molecule has 1 N–H and O–H groups in total. The molecule has 2 aliphatic rings. The van der Waals surface area contributed by atoms with E-state index in [1.165, 1.54) is 0 Å². The fraction of sp³-hybridized carbons (Fsp3) is 0.692. The van der Waals surface area contributed by atoms with Crippen molar-refractivity contribution in [1.82, 2.24) is 4.90 Å². The highest BCUT2D eigenvalue weighted by Crippen LogP contribution is 2.30. The quantitative estimate of drug-likeness (QED) is 0.742. The molecule has 1 unspecified atom stereocenters. The van der Waals surface area contributed by atoms with Crippen LogP contribution >= 0.6 is 0 Å². The minimum absolute atomic E-state index is 0.0603. The van der Waals surface area contributed by atoms with Gasteiger partial charge in [0.2, 0.25) is 5.91 Å². The second-order valence-corrected chi connectivity index (χ2v) is 4.89. The van der Waals surface area contributed by atoms with Crippen molar-refractivity contribution in [3.63, 3.8) is 0 Å². The molecule has 0 spiro atoms. The molecule has 0 radical (unpaired) electrons. The Morgan fingerprint density at radius 1 is 1.24 bits per heavy atom. The Bertz CT molecular complexity index is 334. The smallest absolute Gasteiger partial charge is 0.305 e. The van der Waals surface area contributed by atoms with Crippen molar-refractivity contribution in [2.24, 2.45) is 5.92 Å². The fourth-order valence-corrected chi connectivity index (χ4v) is 2.33. The van der Waals surface area contributed by atoms with Crippen LogP contribution in [0.5, 0.6) is 0 Å². The molecule has 1 fully saturated rings. The Balaban J connectivity index is 1.92. The van der Waals surface area contributed by atoms with Gasteiger partial charge in [0.15, 0.2) is 0 Å². The molecule has 0 aliphatic heterocycles. The Morgan fingerprint density at radius 3 is 2.53 bits per heavy atom. The summed E-state index contributed by atoms with van der Waals surface area (Å²) in [5.74, 6) is -0.584. The predicted octanol–water partition coefficient (Wildman–Crippen LogP) is 1.81. The van der Waals surface area contributed by atoms with Crippen molar-refractivity contribution in [2.75, 3.05) is 6.54 Å². The van der Waals surface area contributed by atoms with Gasteiger partial charge in [-0.05, 0) is 32.1 Å². The van der Waals surface area contributed by atoms with Crippen LogP contribution in [0.2, 0.25) is 0 Å². The maximum absolute atomic E-state index is 12.3. The highest BCUT2D eigenvalue weighted by molar-refractivity contribution is 5.80. The van der Waals surface area contributed by atoms with Crippen LogP contribution in [0.25, 0.3) is 0 Å². The van der Waals surface area contributed by atoms with Crippen LogP contribution in [0.3, 0.4) is 0 Å². The second-order valence-electron chi connectivity index (χ2n) is 4.89. The van der Waals surface area contributed by atoms with Gasteiger partial charge in [-0.15, -0.1) is 0 Å². The molecule has 4 nitrogen and oxygen atoms in total. The molecular formula is C13H19NO3. The molecule has 0 saturated heterocycles. The van der Waals surface area contributed by atoms with Crippen molar-refractivity contribution in [3.05, 3.63) is 12.2 Å². The maximum atomic E-state index is 12.3. The number of aliphatic carboxylic acids is 1. The lowest BCUT2D eigenvalue weighted by Gasteiger charge is -2.27. The molecule has 4 heteroatoms. The minimum Gasteiger partial charge on any atom is -0.481 e. The first kappa shape index (κ1) is 12.1. The van der Waals surface area contributed by atoms with E-state index in [-0.39, 0.29) is 18.2 Å². The summed E-state index contributed by atoms with van der Waals surface area (Å²) in [7, 11) is 0. The minimum atomic E-state index is -0.827. The van der Waals surface area contributed by atoms with Crippen molar-refractivity contribution >= 4 is 11.9 Å². The number of carboxylic acids is 1. The van der Waals surface area contributed by atoms with E-state index in [1.807, 2.05) is 0 Å². The Labute approximate surface area is 101 Å². The molecule has 0 aromatic heterocycles. The first-order valence-electron chi connectivity index (χ1n) is 6.35. The third-order valence-corrected chi connectivity index (χ3v) is 3.46. The first-order valence-corrected chi connectivity index (χ1v) is 6.35. The molecule has 2 aliphatic carbocycles. The highest BCUT2D eigenvalue weighted by atomic mass is 16.4. The molecule has 2 rings (SSSR count). The predicted molar refractivity (Wildman–Crippen MR) is 63.5 cm³/mol. The Morgan fingerprint density at radius 2 is 2.00 bits per heavy atom. The topological polar surface area (TPSA) is 57.6 Å². The zero-order valence-electron chi connectivity index (χ0n) is 9.97. The number of allylic oxidation sites excluding steroid dienone is 2. The van der Waals surface area contributed by atoms with Gasteiger partial charge in [0.1, 0.15) is 0 Å². The SMILES string of the molecule is O=C(O)CCN(C(=O)C1CC=CCC1)C1CC1. The zero-order chi connectivity index (χ0) is 12.3. The summed E-state index contributed by atoms with van der Waals surface area (Å²) in [6.07, 6.45) is 9.00. The van der Waals surface area contributed by atoms with Crippen LogP contribution in [0.4, 0.5) is 0 Å². The maximum Gasteiger partial charge on any atom is 0.305 e. The number of nitrogens with zero attached hydrogens (tertiary/aromatic N) is 1. The fourth-order valence-electron chi connectivity index (χ4n) is 2.33. The lowest BCUT2D eigenvalue weighted by atomic mass is 9.93. The number of hydrogen-bond acceptors (Lipinski definition) is 2. The average Bonchev–Trinajstić information content (AvgIpc) is 3.14. The molecule has 0 bridgehead atoms. The van der Waals surface area contributed by atoms with E-state index in [9.17, 15) is 9.59 Å². The van der Waals surface area contributed by atoms with Crippen LogP contribution in [-0.2, 0) is 9.59 Å². The molecular weight excluding hydrogens is 218 g/mol. The summed E-state index contributed by atoms with van der Waals surface area (Å²) in [6, 6.07) is 0.313. The van der Waals surface area contributed by atoms with Gasteiger partial charge in [0, 0.05) is 18.5 Å². The third-order valence-electron chi connectivity index (χ3n) is 3.46. The lowest BCUT2D eigenvalue weighted by Crippen LogP contribution is -2.39. The van der Waals surface area contributed by atoms with Crippen molar-refractivity contribution in [3.8, 4) is 0 Å². The van der Waals surface area contributed by atoms with Crippen LogP contribution in [0, 0.1) is 5.92 Å². The van der Waals surface area contributed by atoms with Crippen molar-refractivity contribution in [1.29, 1.82) is 0 Å². The molecule has 0 aromatic rings. The first-order chi connectivity index (χ1) is 8.18. The largest absolute Gasteiger partial charge is 0.481 e. The van der Waals surface area contributed by atoms with E-state index in [4.69, 9.17) is 5.11 Å². The number of hydrogen-bond donors (Lipinski definition) is 1. The van der Waals surface area contributed by atoms with Gasteiger partial charge in [-0.1, -0.05) is 12.2 Å². The van der Waals surface area contributed by atoms with Gasteiger partial charge in [0.05, 0.1) is 6.42 Å². The van der Waals surface area contributed by atoms with Gasteiger partial charge in [-0.25, -0.2) is 0 Å². The number of amides is 1. The summed E-state index contributed by atoms with van der Waals surface area (Å²) in [6.45, 7) is 0.374. The standard InChI is InChI=1S/C13H19NO3/c15-12(16)8-9-14(11-6-7-11)13(17)10-4-2-1-3-5-10/h1-2,10-11H,3-9H2,(H,15,16). The van der Waals surface area contributed by atoms with Crippen LogP contribution in [0.1, 0.15) is 38.5 Å². The molecule has 0 aromatic carbocycles. The number of carbonyl (C=O) groups excluding carboxylic acids is 1. The average molecular weight is 237 g/mol. The number of carbonyl (C=O) groups is 2. The Kier molecular flexibility index (Phi) is 3.82. The van der Waals surface area contributed by atoms with E-state index in [2.05, 4.69) is 12.2 Å². The second kappa shape index (κ2) is 5.34. The van der Waals surface area contributed by atoms with Crippen LogP contribution in [0.15, 0.2) is 12.2 Å². The lowest BCUT2D eigenvalue weighted by molar-refractivity contribution is -0.140. The summed E-state index contributed by atoms with van der Waals surface area (Å²) in [5.41, 5.74) is 0. The molecule has 0 heterocycles. The van der Waals surface area contributed by atoms with E-state index in [0.717, 1.165) is 32.1 Å². The monoisotopic (exact) mass is 237 g/mol. The zero-order valence-corrected chi connectivity index (χ0v) is 9.97. The van der Waals surface area contributed by atoms with Gasteiger partial charge in [0.25, 0.3) is 0 Å². The highest BCUT2D eigenvalue weighted by Gasteiger charge is 2.35. The van der Waals surface area contributed by atoms with Gasteiger partial charge in [-0.2, -0.15) is 0 Å². The van der Waals surface area contributed by atoms with E-state index in [0.29, 0.717) is 12.6 Å². The summed E-state index contributed by atoms with van der Waals surface area (Å²) in [5, 5.41) is 8.71. The van der Waals surface area contributed by atoms with Gasteiger partial charge < -0.3 is 10.0 Å². The van der Waals surface area contributed by atoms with Crippen molar-refractivity contribution in [2.45, 2.75) is 44.6 Å². The van der Waals surface area contributed by atoms with E-state index in [1.54, 1.807) is 4.90 Å². The Hall–Kier alpha value is -1.32. The number of rotatable bonds is 5. The van der Waals surface area contributed by atoms with Gasteiger partial charge >= 0.3 is 5.97 Å². The van der Waals surface area contributed by atoms with Gasteiger partial charge in [-0.3, -0.25) is 9.59 Å². The molecule has 1 saturated carbocycles. The van der Waals surface area contributed by atoms with E-state index < -0.39 is 5.97 Å². The molecule has 94 valence electrons. The third kappa shape index (κ3) is 3.32. The molecule has 17 heavy (non-hydrogen) atoms.